The molecule has 1 N–H and O–H groups in total. The third-order valence-electron chi connectivity index (χ3n) is 6.64. The minimum atomic E-state index is -3.85. The molecule has 1 heterocycles. The van der Waals surface area contributed by atoms with Gasteiger partial charge in [-0.25, -0.2) is 13.1 Å². The Labute approximate surface area is 214 Å². The van der Waals surface area contributed by atoms with Crippen LogP contribution >= 0.6 is 11.8 Å². The van der Waals surface area contributed by atoms with Gasteiger partial charge in [-0.15, -0.1) is 11.8 Å². The summed E-state index contributed by atoms with van der Waals surface area (Å²) in [5, 5.41) is 0. The Hall–Kier alpha value is -2.03. The Bertz CT molecular complexity index is 1150. The molecule has 0 bridgehead atoms. The number of methoxy groups -OCH3 is 1. The third kappa shape index (κ3) is 6.40. The van der Waals surface area contributed by atoms with Gasteiger partial charge in [-0.3, -0.25) is 4.79 Å². The number of thioether (sulfide) groups is 1. The van der Waals surface area contributed by atoms with Crippen LogP contribution in [0, 0.1) is 6.92 Å². The monoisotopic (exact) mass is 518 g/mol. The maximum absolute atomic E-state index is 13.4. The molecule has 1 unspecified atom stereocenters. The van der Waals surface area contributed by atoms with Crippen LogP contribution in [0.5, 0.6) is 5.75 Å². The zero-order valence-electron chi connectivity index (χ0n) is 21.7. The molecule has 1 aliphatic rings. The van der Waals surface area contributed by atoms with E-state index < -0.39 is 16.1 Å². The number of carbonyl (C=O) groups excluding carboxylic acids is 1. The van der Waals surface area contributed by atoms with E-state index in [2.05, 4.69) is 18.6 Å². The number of sulfonamides is 1. The number of nitrogens with one attached hydrogen (secondary N) is 1. The lowest BCUT2D eigenvalue weighted by atomic mass is 9.94. The Morgan fingerprint density at radius 2 is 1.69 bits per heavy atom. The summed E-state index contributed by atoms with van der Waals surface area (Å²) in [6, 6.07) is 8.39. The summed E-state index contributed by atoms with van der Waals surface area (Å²) in [6.45, 7) is 9.40. The van der Waals surface area contributed by atoms with Gasteiger partial charge in [0.25, 0.3) is 5.91 Å². The molecule has 1 aliphatic heterocycles. The number of nitrogens with zero attached hydrogens (tertiary/aromatic N) is 1. The van der Waals surface area contributed by atoms with Crippen LogP contribution in [0.4, 0.5) is 0 Å². The molecule has 0 aromatic heterocycles. The van der Waals surface area contributed by atoms with Gasteiger partial charge in [0.05, 0.1) is 17.6 Å². The SMILES string of the molecule is COc1cc(C)c(C(C)NS(=O)(=O)c2ccc(SC)c(C(=O)N3CCCCCC3)c2)cc1C(C)C. The number of hydrogen-bond acceptors (Lipinski definition) is 5. The van der Waals surface area contributed by atoms with Gasteiger partial charge in [0, 0.05) is 24.0 Å². The van der Waals surface area contributed by atoms with E-state index in [4.69, 9.17) is 4.74 Å². The largest absolute Gasteiger partial charge is 0.496 e. The fourth-order valence-corrected chi connectivity index (χ4v) is 6.46. The number of rotatable bonds is 8. The van der Waals surface area contributed by atoms with Crippen LogP contribution < -0.4 is 9.46 Å². The third-order valence-corrected chi connectivity index (χ3v) is 8.98. The summed E-state index contributed by atoms with van der Waals surface area (Å²) in [7, 11) is -2.21. The van der Waals surface area contributed by atoms with Crippen molar-refractivity contribution in [2.75, 3.05) is 26.5 Å². The van der Waals surface area contributed by atoms with E-state index in [1.807, 2.05) is 37.1 Å². The molecule has 1 atom stereocenters. The average Bonchev–Trinajstić information content (AvgIpc) is 3.12. The molecule has 3 rings (SSSR count). The summed E-state index contributed by atoms with van der Waals surface area (Å²) < 4.78 is 35.2. The van der Waals surface area contributed by atoms with Crippen LogP contribution in [0.3, 0.4) is 0 Å². The van der Waals surface area contributed by atoms with Gasteiger partial charge in [-0.1, -0.05) is 26.7 Å². The number of ether oxygens (including phenoxy) is 1. The molecule has 0 spiro atoms. The van der Waals surface area contributed by atoms with Crippen LogP contribution in [0.25, 0.3) is 0 Å². The van der Waals surface area contributed by atoms with Crippen molar-refractivity contribution in [1.29, 1.82) is 0 Å². The first-order valence-electron chi connectivity index (χ1n) is 12.3. The van der Waals surface area contributed by atoms with E-state index in [-0.39, 0.29) is 16.7 Å². The molecule has 35 heavy (non-hydrogen) atoms. The van der Waals surface area contributed by atoms with E-state index in [0.717, 1.165) is 53.0 Å². The fourth-order valence-electron chi connectivity index (χ4n) is 4.64. The molecule has 8 heteroatoms. The maximum Gasteiger partial charge on any atom is 0.255 e. The van der Waals surface area contributed by atoms with Crippen molar-refractivity contribution in [2.45, 2.75) is 75.1 Å². The van der Waals surface area contributed by atoms with Gasteiger partial charge in [0.15, 0.2) is 0 Å². The van der Waals surface area contributed by atoms with Gasteiger partial charge < -0.3 is 9.64 Å². The van der Waals surface area contributed by atoms with Crippen molar-refractivity contribution in [2.24, 2.45) is 0 Å². The second-order valence-corrected chi connectivity index (χ2v) is 12.1. The molecule has 0 saturated carbocycles. The van der Waals surface area contributed by atoms with Gasteiger partial charge in [-0.05, 0) is 85.9 Å². The zero-order valence-corrected chi connectivity index (χ0v) is 23.3. The molecule has 6 nitrogen and oxygen atoms in total. The second kappa shape index (κ2) is 11.8. The van der Waals surface area contributed by atoms with Crippen molar-refractivity contribution in [1.82, 2.24) is 9.62 Å². The van der Waals surface area contributed by atoms with Crippen molar-refractivity contribution in [3.05, 3.63) is 52.6 Å². The van der Waals surface area contributed by atoms with Crippen molar-refractivity contribution < 1.29 is 17.9 Å². The lowest BCUT2D eigenvalue weighted by Crippen LogP contribution is -2.32. The predicted octanol–water partition coefficient (Wildman–Crippen LogP) is 5.90. The molecular formula is C27H38N2O4S2. The molecule has 0 aliphatic carbocycles. The number of aryl methyl sites for hydroxylation is 1. The summed E-state index contributed by atoms with van der Waals surface area (Å²) >= 11 is 1.46. The first-order chi connectivity index (χ1) is 16.6. The summed E-state index contributed by atoms with van der Waals surface area (Å²) in [5.74, 6) is 0.953. The highest BCUT2D eigenvalue weighted by molar-refractivity contribution is 7.98. The highest BCUT2D eigenvalue weighted by Crippen LogP contribution is 2.33. The normalized spacial score (nSPS) is 15.7. The molecule has 2 aromatic carbocycles. The fraction of sp³-hybridized carbons (Fsp3) is 0.519. The smallest absolute Gasteiger partial charge is 0.255 e. The Morgan fingerprint density at radius 3 is 2.26 bits per heavy atom. The van der Waals surface area contributed by atoms with Crippen LogP contribution in [0.1, 0.15) is 85.5 Å². The maximum atomic E-state index is 13.4. The van der Waals surface area contributed by atoms with Gasteiger partial charge in [-0.2, -0.15) is 0 Å². The molecular weight excluding hydrogens is 480 g/mol. The zero-order chi connectivity index (χ0) is 25.8. The highest BCUT2D eigenvalue weighted by atomic mass is 32.2. The summed E-state index contributed by atoms with van der Waals surface area (Å²) in [5.41, 5.74) is 3.35. The second-order valence-electron chi connectivity index (χ2n) is 9.52. The number of benzene rings is 2. The highest BCUT2D eigenvalue weighted by Gasteiger charge is 2.25. The lowest BCUT2D eigenvalue weighted by molar-refractivity contribution is 0.0758. The number of amides is 1. The Balaban J connectivity index is 1.92. The topological polar surface area (TPSA) is 75.7 Å². The molecule has 1 saturated heterocycles. The first-order valence-corrected chi connectivity index (χ1v) is 15.0. The molecule has 1 amide bonds. The van der Waals surface area contributed by atoms with E-state index in [0.29, 0.717) is 18.7 Å². The van der Waals surface area contributed by atoms with Gasteiger partial charge in [0.2, 0.25) is 10.0 Å². The molecule has 2 aromatic rings. The standard InChI is InChI=1S/C27H38N2O4S2/c1-18(2)22-17-23(19(3)15-25(22)33-5)20(4)28-35(31,32)21-11-12-26(34-6)24(16-21)27(30)29-13-9-7-8-10-14-29/h11-12,15-18,20,28H,7-10,13-14H2,1-6H3. The minimum absolute atomic E-state index is 0.0890. The van der Waals surface area contributed by atoms with E-state index >= 15 is 0 Å². The van der Waals surface area contributed by atoms with Gasteiger partial charge in [0.1, 0.15) is 5.75 Å². The predicted molar refractivity (Wildman–Crippen MR) is 143 cm³/mol. The minimum Gasteiger partial charge on any atom is -0.496 e. The first kappa shape index (κ1) is 27.6. The van der Waals surface area contributed by atoms with Crippen molar-refractivity contribution in [3.63, 3.8) is 0 Å². The van der Waals surface area contributed by atoms with Crippen LogP contribution in [0.15, 0.2) is 40.1 Å². The van der Waals surface area contributed by atoms with Crippen molar-refractivity contribution in [3.8, 4) is 5.75 Å². The van der Waals surface area contributed by atoms with E-state index in [9.17, 15) is 13.2 Å². The van der Waals surface area contributed by atoms with Crippen LogP contribution in [0.2, 0.25) is 0 Å². The van der Waals surface area contributed by atoms with Gasteiger partial charge >= 0.3 is 0 Å². The van der Waals surface area contributed by atoms with Crippen molar-refractivity contribution >= 4 is 27.7 Å². The van der Waals surface area contributed by atoms with Crippen LogP contribution in [-0.2, 0) is 10.0 Å². The molecule has 0 radical (unpaired) electrons. The Kier molecular flexibility index (Phi) is 9.29. The Morgan fingerprint density at radius 1 is 1.03 bits per heavy atom. The molecule has 192 valence electrons. The average molecular weight is 519 g/mol. The lowest BCUT2D eigenvalue weighted by Gasteiger charge is -2.23. The summed E-state index contributed by atoms with van der Waals surface area (Å²) in [4.78, 5) is 16.1. The number of likely N-dealkylation sites (tertiary alicyclic amines) is 1. The molecule has 1 fully saturated rings. The van der Waals surface area contributed by atoms with E-state index in [1.54, 1.807) is 19.2 Å². The summed E-state index contributed by atoms with van der Waals surface area (Å²) in [6.07, 6.45) is 6.12. The van der Waals surface area contributed by atoms with Crippen LogP contribution in [-0.4, -0.2) is 45.7 Å². The van der Waals surface area contributed by atoms with E-state index in [1.165, 1.54) is 17.8 Å². The number of carbonyl (C=O) groups is 1. The quantitative estimate of drug-likeness (QED) is 0.440. The number of hydrogen-bond donors (Lipinski definition) is 1.